The summed E-state index contributed by atoms with van der Waals surface area (Å²) >= 11 is 12.6. The van der Waals surface area contributed by atoms with Gasteiger partial charge in [-0.1, -0.05) is 59.1 Å². The predicted molar refractivity (Wildman–Crippen MR) is 146 cm³/mol. The Morgan fingerprint density at radius 2 is 1.63 bits per heavy atom. The summed E-state index contributed by atoms with van der Waals surface area (Å²) in [5, 5.41) is 11.6. The number of nitrogens with zero attached hydrogens (tertiary/aromatic N) is 1. The number of esters is 1. The van der Waals surface area contributed by atoms with Crippen molar-refractivity contribution in [1.29, 1.82) is 0 Å². The van der Waals surface area contributed by atoms with E-state index in [9.17, 15) is 19.5 Å². The Bertz CT molecular complexity index is 1460. The maximum absolute atomic E-state index is 13.5. The van der Waals surface area contributed by atoms with Crippen LogP contribution in [-0.2, 0) is 14.3 Å². The van der Waals surface area contributed by atoms with Crippen LogP contribution in [0.4, 0.5) is 5.69 Å². The molecule has 1 saturated heterocycles. The van der Waals surface area contributed by atoms with Crippen LogP contribution < -0.4 is 9.64 Å². The quantitative estimate of drug-likeness (QED) is 0.162. The summed E-state index contributed by atoms with van der Waals surface area (Å²) in [5.74, 6) is -2.55. The topological polar surface area (TPSA) is 93.1 Å². The summed E-state index contributed by atoms with van der Waals surface area (Å²) in [5.41, 5.74) is 1.99. The number of amides is 1. The Labute approximate surface area is 230 Å². The first-order chi connectivity index (χ1) is 18.0. The molecule has 7 nitrogen and oxygen atoms in total. The first-order valence-electron chi connectivity index (χ1n) is 11.8. The third-order valence-electron chi connectivity index (χ3n) is 5.98. The molecule has 196 valence electrons. The van der Waals surface area contributed by atoms with Gasteiger partial charge in [0.15, 0.2) is 5.75 Å². The molecule has 9 heteroatoms. The van der Waals surface area contributed by atoms with Gasteiger partial charge in [-0.15, -0.1) is 0 Å². The molecule has 1 unspecified atom stereocenters. The van der Waals surface area contributed by atoms with Gasteiger partial charge >= 0.3 is 5.97 Å². The number of ketones is 1. The van der Waals surface area contributed by atoms with E-state index in [1.807, 2.05) is 19.1 Å². The van der Waals surface area contributed by atoms with E-state index < -0.39 is 29.5 Å². The number of aliphatic hydroxyl groups excluding tert-OH is 1. The standard InChI is InChI=1S/C29H25Cl2NO6/c1-15(2)38-29(36)18-9-6-10-20(12-18)32-24(17-8-5-7-16(3)11-17)23(26(34)28(32)35)25(33)19-13-21(30)27(37-4)22(31)14-19/h5-15,24,33H,1-4H3/b25-23+. The van der Waals surface area contributed by atoms with Gasteiger partial charge in [-0.25, -0.2) is 4.79 Å². The summed E-state index contributed by atoms with van der Waals surface area (Å²) in [4.78, 5) is 40.7. The number of carbonyl (C=O) groups is 3. The molecular formula is C29H25Cl2NO6. The number of benzene rings is 3. The van der Waals surface area contributed by atoms with Crippen LogP contribution >= 0.6 is 23.2 Å². The zero-order chi connectivity index (χ0) is 27.7. The normalized spacial score (nSPS) is 16.7. The third-order valence-corrected chi connectivity index (χ3v) is 6.54. The van der Waals surface area contributed by atoms with E-state index in [0.717, 1.165) is 5.56 Å². The molecule has 1 aliphatic heterocycles. The van der Waals surface area contributed by atoms with Crippen LogP contribution in [-0.4, -0.2) is 36.0 Å². The Balaban J connectivity index is 1.92. The highest BCUT2D eigenvalue weighted by Crippen LogP contribution is 2.44. The van der Waals surface area contributed by atoms with Gasteiger partial charge in [-0.05, 0) is 56.7 Å². The number of hydrogen-bond donors (Lipinski definition) is 1. The van der Waals surface area contributed by atoms with E-state index in [-0.39, 0.29) is 38.6 Å². The number of rotatable bonds is 6. The smallest absolute Gasteiger partial charge is 0.338 e. The van der Waals surface area contributed by atoms with Gasteiger partial charge in [0, 0.05) is 11.3 Å². The summed E-state index contributed by atoms with van der Waals surface area (Å²) in [7, 11) is 1.40. The van der Waals surface area contributed by atoms with Gasteiger partial charge in [0.25, 0.3) is 11.7 Å². The molecule has 1 atom stereocenters. The van der Waals surface area contributed by atoms with Gasteiger partial charge in [-0.2, -0.15) is 0 Å². The maximum atomic E-state index is 13.5. The number of aliphatic hydroxyl groups is 1. The minimum atomic E-state index is -0.995. The second kappa shape index (κ2) is 10.9. The van der Waals surface area contributed by atoms with E-state index in [1.165, 1.54) is 30.2 Å². The fourth-order valence-electron chi connectivity index (χ4n) is 4.37. The molecule has 1 aliphatic rings. The van der Waals surface area contributed by atoms with Crippen LogP contribution in [0.5, 0.6) is 5.75 Å². The van der Waals surface area contributed by atoms with E-state index in [0.29, 0.717) is 11.3 Å². The number of carbonyl (C=O) groups excluding carboxylic acids is 3. The monoisotopic (exact) mass is 553 g/mol. The van der Waals surface area contributed by atoms with Gasteiger partial charge < -0.3 is 14.6 Å². The van der Waals surface area contributed by atoms with Gasteiger partial charge in [0.2, 0.25) is 0 Å². The van der Waals surface area contributed by atoms with Crippen molar-refractivity contribution < 1.29 is 29.0 Å². The number of methoxy groups -OCH3 is 1. The van der Waals surface area contributed by atoms with Gasteiger partial charge in [0.05, 0.1) is 40.4 Å². The lowest BCUT2D eigenvalue weighted by Crippen LogP contribution is -2.29. The molecule has 1 N–H and O–H groups in total. The highest BCUT2D eigenvalue weighted by molar-refractivity contribution is 6.52. The van der Waals surface area contributed by atoms with E-state index >= 15 is 0 Å². The van der Waals surface area contributed by atoms with Crippen molar-refractivity contribution in [2.24, 2.45) is 0 Å². The Morgan fingerprint density at radius 1 is 0.974 bits per heavy atom. The molecule has 0 aromatic heterocycles. The highest BCUT2D eigenvalue weighted by atomic mass is 35.5. The fourth-order valence-corrected chi connectivity index (χ4v) is 5.01. The van der Waals surface area contributed by atoms with Crippen LogP contribution in [0, 0.1) is 6.92 Å². The van der Waals surface area contributed by atoms with Crippen LogP contribution in [0.1, 0.15) is 46.9 Å². The minimum absolute atomic E-state index is 0.124. The average Bonchev–Trinajstić information content (AvgIpc) is 3.13. The van der Waals surface area contributed by atoms with Crippen molar-refractivity contribution in [3.8, 4) is 5.75 Å². The van der Waals surface area contributed by atoms with E-state index in [1.54, 1.807) is 44.2 Å². The van der Waals surface area contributed by atoms with Crippen molar-refractivity contribution in [3.05, 3.63) is 98.5 Å². The second-order valence-electron chi connectivity index (χ2n) is 9.06. The molecule has 0 spiro atoms. The second-order valence-corrected chi connectivity index (χ2v) is 9.88. The third kappa shape index (κ3) is 5.12. The molecular weight excluding hydrogens is 529 g/mol. The van der Waals surface area contributed by atoms with Crippen LogP contribution in [0.25, 0.3) is 5.76 Å². The number of aryl methyl sites for hydroxylation is 1. The maximum Gasteiger partial charge on any atom is 0.338 e. The number of anilines is 1. The molecule has 38 heavy (non-hydrogen) atoms. The average molecular weight is 554 g/mol. The SMILES string of the molecule is COc1c(Cl)cc(/C(O)=C2\C(=O)C(=O)N(c3cccc(C(=O)OC(C)C)c3)C2c2cccc(C)c2)cc1Cl. The van der Waals surface area contributed by atoms with Crippen molar-refractivity contribution in [2.45, 2.75) is 32.9 Å². The van der Waals surface area contributed by atoms with Crippen LogP contribution in [0.2, 0.25) is 10.0 Å². The lowest BCUT2D eigenvalue weighted by atomic mass is 9.94. The summed E-state index contributed by atoms with van der Waals surface area (Å²) in [6.07, 6.45) is -0.337. The van der Waals surface area contributed by atoms with Gasteiger partial charge in [0.1, 0.15) is 5.76 Å². The molecule has 0 bridgehead atoms. The Kier molecular flexibility index (Phi) is 7.81. The number of ether oxygens (including phenoxy) is 2. The molecule has 1 amide bonds. The first-order valence-corrected chi connectivity index (χ1v) is 12.5. The molecule has 3 aromatic carbocycles. The number of Topliss-reactive ketones (excluding diaryl/α,β-unsaturated/α-hetero) is 1. The predicted octanol–water partition coefficient (Wildman–Crippen LogP) is 6.50. The Morgan fingerprint density at radius 3 is 2.24 bits per heavy atom. The summed E-state index contributed by atoms with van der Waals surface area (Å²) < 4.78 is 10.5. The summed E-state index contributed by atoms with van der Waals surface area (Å²) in [6.45, 7) is 5.34. The van der Waals surface area contributed by atoms with E-state index in [2.05, 4.69) is 0 Å². The highest BCUT2D eigenvalue weighted by Gasteiger charge is 2.47. The van der Waals surface area contributed by atoms with Crippen molar-refractivity contribution >= 4 is 52.3 Å². The Hall–Kier alpha value is -3.81. The molecule has 1 fully saturated rings. The molecule has 0 saturated carbocycles. The summed E-state index contributed by atoms with van der Waals surface area (Å²) in [6, 6.07) is 15.3. The van der Waals surface area contributed by atoms with Crippen LogP contribution in [0.15, 0.2) is 66.2 Å². The molecule has 4 rings (SSSR count). The number of hydrogen-bond acceptors (Lipinski definition) is 6. The zero-order valence-corrected chi connectivity index (χ0v) is 22.6. The lowest BCUT2D eigenvalue weighted by molar-refractivity contribution is -0.132. The zero-order valence-electron chi connectivity index (χ0n) is 21.1. The fraction of sp³-hybridized carbons (Fsp3) is 0.207. The molecule has 3 aromatic rings. The first kappa shape index (κ1) is 27.2. The van der Waals surface area contributed by atoms with Crippen molar-refractivity contribution in [2.75, 3.05) is 12.0 Å². The molecule has 1 heterocycles. The largest absolute Gasteiger partial charge is 0.507 e. The van der Waals surface area contributed by atoms with E-state index in [4.69, 9.17) is 32.7 Å². The van der Waals surface area contributed by atoms with Gasteiger partial charge in [-0.3, -0.25) is 14.5 Å². The van der Waals surface area contributed by atoms with Crippen molar-refractivity contribution in [3.63, 3.8) is 0 Å². The minimum Gasteiger partial charge on any atom is -0.507 e. The van der Waals surface area contributed by atoms with Crippen LogP contribution in [0.3, 0.4) is 0 Å². The molecule has 0 radical (unpaired) electrons. The number of halogens is 2. The lowest BCUT2D eigenvalue weighted by Gasteiger charge is -2.26. The molecule has 0 aliphatic carbocycles. The van der Waals surface area contributed by atoms with Crippen molar-refractivity contribution in [1.82, 2.24) is 0 Å².